The summed E-state index contributed by atoms with van der Waals surface area (Å²) in [6, 6.07) is 0. The molecular formula is C12H17N3O3. The molecule has 18 heavy (non-hydrogen) atoms. The highest BCUT2D eigenvalue weighted by molar-refractivity contribution is 5.90. The lowest BCUT2D eigenvalue weighted by atomic mass is 9.90. The summed E-state index contributed by atoms with van der Waals surface area (Å²) in [6.07, 6.45) is 1.68. The van der Waals surface area contributed by atoms with Crippen LogP contribution in [0.3, 0.4) is 0 Å². The summed E-state index contributed by atoms with van der Waals surface area (Å²) in [7, 11) is 2.03. The molecule has 1 aromatic heterocycles. The van der Waals surface area contributed by atoms with E-state index in [4.69, 9.17) is 0 Å². The number of aromatic carboxylic acids is 1. The molecule has 2 heterocycles. The topological polar surface area (TPSA) is 86.3 Å². The molecule has 0 saturated carbocycles. The quantitative estimate of drug-likeness (QED) is 0.803. The van der Waals surface area contributed by atoms with E-state index in [9.17, 15) is 14.7 Å². The summed E-state index contributed by atoms with van der Waals surface area (Å²) in [5.41, 5.74) is 0.517. The molecule has 0 atom stereocenters. The monoisotopic (exact) mass is 251 g/mol. The van der Waals surface area contributed by atoms with Crippen molar-refractivity contribution in [2.24, 2.45) is 0 Å². The van der Waals surface area contributed by atoms with E-state index < -0.39 is 11.7 Å². The van der Waals surface area contributed by atoms with Crippen LogP contribution in [-0.4, -0.2) is 46.1 Å². The summed E-state index contributed by atoms with van der Waals surface area (Å²) in [5.74, 6) is -0.960. The molecule has 6 nitrogen and oxygen atoms in total. The number of hydrogen-bond acceptors (Lipinski definition) is 4. The maximum atomic E-state index is 11.4. The number of hydrogen-bond donors (Lipinski definition) is 2. The Labute approximate surface area is 105 Å². The van der Waals surface area contributed by atoms with Crippen molar-refractivity contribution in [1.82, 2.24) is 14.9 Å². The van der Waals surface area contributed by atoms with E-state index in [0.717, 1.165) is 25.9 Å². The molecule has 2 rings (SSSR count). The number of carboxylic acids is 1. The van der Waals surface area contributed by atoms with E-state index in [2.05, 4.69) is 14.9 Å². The van der Waals surface area contributed by atoms with Crippen LogP contribution in [0.4, 0.5) is 0 Å². The van der Waals surface area contributed by atoms with Crippen LogP contribution in [0.25, 0.3) is 0 Å². The second-order valence-electron chi connectivity index (χ2n) is 4.81. The van der Waals surface area contributed by atoms with Gasteiger partial charge in [-0.1, -0.05) is 0 Å². The van der Waals surface area contributed by atoms with Gasteiger partial charge in [0.15, 0.2) is 0 Å². The van der Waals surface area contributed by atoms with Crippen LogP contribution in [0.1, 0.15) is 40.5 Å². The molecule has 0 bridgehead atoms. The van der Waals surface area contributed by atoms with Gasteiger partial charge in [0.25, 0.3) is 0 Å². The van der Waals surface area contributed by atoms with Gasteiger partial charge in [-0.25, -0.2) is 9.59 Å². The van der Waals surface area contributed by atoms with Crippen LogP contribution < -0.4 is 5.69 Å². The molecule has 0 amide bonds. The molecule has 1 aliphatic rings. The molecule has 0 unspecified atom stereocenters. The summed E-state index contributed by atoms with van der Waals surface area (Å²) >= 11 is 0. The highest BCUT2D eigenvalue weighted by Crippen LogP contribution is 2.28. The minimum absolute atomic E-state index is 0.0632. The predicted molar refractivity (Wildman–Crippen MR) is 66.0 cm³/mol. The molecule has 1 fully saturated rings. The zero-order valence-electron chi connectivity index (χ0n) is 10.6. The van der Waals surface area contributed by atoms with Gasteiger partial charge in [-0.05, 0) is 39.9 Å². The normalized spacial score (nSPS) is 17.9. The van der Waals surface area contributed by atoms with Gasteiger partial charge in [0.1, 0.15) is 5.56 Å². The minimum Gasteiger partial charge on any atom is -0.478 e. The Morgan fingerprint density at radius 3 is 2.61 bits per heavy atom. The van der Waals surface area contributed by atoms with Crippen LogP contribution in [0.15, 0.2) is 4.79 Å². The van der Waals surface area contributed by atoms with Crippen molar-refractivity contribution in [2.75, 3.05) is 20.1 Å². The summed E-state index contributed by atoms with van der Waals surface area (Å²) in [5, 5.41) is 9.25. The first kappa shape index (κ1) is 12.8. The molecule has 0 spiro atoms. The van der Waals surface area contributed by atoms with Crippen LogP contribution in [-0.2, 0) is 0 Å². The van der Waals surface area contributed by atoms with E-state index >= 15 is 0 Å². The number of rotatable bonds is 2. The number of aromatic nitrogens is 2. The molecule has 98 valence electrons. The number of carbonyl (C=O) groups is 1. The van der Waals surface area contributed by atoms with Crippen LogP contribution in [0.5, 0.6) is 0 Å². The first-order valence-electron chi connectivity index (χ1n) is 6.01. The van der Waals surface area contributed by atoms with Crippen molar-refractivity contribution in [2.45, 2.75) is 25.7 Å². The lowest BCUT2D eigenvalue weighted by Gasteiger charge is -2.29. The lowest BCUT2D eigenvalue weighted by Crippen LogP contribution is -2.32. The molecule has 2 N–H and O–H groups in total. The number of piperidine rings is 1. The molecule has 1 aromatic rings. The highest BCUT2D eigenvalue weighted by Gasteiger charge is 2.26. The average Bonchev–Trinajstić information content (AvgIpc) is 2.28. The second-order valence-corrected chi connectivity index (χ2v) is 4.81. The Balaban J connectivity index is 2.43. The lowest BCUT2D eigenvalue weighted by molar-refractivity contribution is 0.0692. The summed E-state index contributed by atoms with van der Waals surface area (Å²) in [4.78, 5) is 31.2. The molecule has 0 aromatic carbocycles. The predicted octanol–water partition coefficient (Wildman–Crippen LogP) is 0.586. The number of nitrogens with one attached hydrogen (secondary N) is 1. The van der Waals surface area contributed by atoms with Gasteiger partial charge in [-0.15, -0.1) is 0 Å². The molecule has 0 radical (unpaired) electrons. The molecule has 0 aliphatic carbocycles. The Morgan fingerprint density at radius 1 is 1.44 bits per heavy atom. The van der Waals surface area contributed by atoms with Crippen LogP contribution >= 0.6 is 0 Å². The zero-order valence-corrected chi connectivity index (χ0v) is 10.6. The van der Waals surface area contributed by atoms with E-state index in [1.807, 2.05) is 7.05 Å². The third-order valence-corrected chi connectivity index (χ3v) is 3.47. The SMILES string of the molecule is Cc1[nH]c(=O)nc(C2CCN(C)CC2)c1C(=O)O. The van der Waals surface area contributed by atoms with Gasteiger partial charge >= 0.3 is 11.7 Å². The minimum atomic E-state index is -1.02. The third-order valence-electron chi connectivity index (χ3n) is 3.47. The molecule has 1 aliphatic heterocycles. The fourth-order valence-electron chi connectivity index (χ4n) is 2.46. The first-order chi connectivity index (χ1) is 8.49. The van der Waals surface area contributed by atoms with Crippen molar-refractivity contribution in [3.05, 3.63) is 27.4 Å². The number of likely N-dealkylation sites (tertiary alicyclic amines) is 1. The highest BCUT2D eigenvalue weighted by atomic mass is 16.4. The van der Waals surface area contributed by atoms with Crippen molar-refractivity contribution in [3.63, 3.8) is 0 Å². The van der Waals surface area contributed by atoms with Crippen molar-refractivity contribution >= 4 is 5.97 Å². The molecule has 6 heteroatoms. The van der Waals surface area contributed by atoms with E-state index in [1.165, 1.54) is 0 Å². The van der Waals surface area contributed by atoms with Crippen LogP contribution in [0, 0.1) is 6.92 Å². The zero-order chi connectivity index (χ0) is 13.3. The van der Waals surface area contributed by atoms with Gasteiger partial charge in [-0.2, -0.15) is 4.98 Å². The smallest absolute Gasteiger partial charge is 0.345 e. The van der Waals surface area contributed by atoms with Gasteiger partial charge in [0.05, 0.1) is 5.69 Å². The number of aromatic amines is 1. The number of H-pyrrole nitrogens is 1. The average molecular weight is 251 g/mol. The van der Waals surface area contributed by atoms with E-state index in [0.29, 0.717) is 11.4 Å². The maximum Gasteiger partial charge on any atom is 0.345 e. The number of carboxylic acid groups (broad SMARTS) is 1. The Bertz CT molecular complexity index is 516. The van der Waals surface area contributed by atoms with Crippen molar-refractivity contribution in [1.29, 1.82) is 0 Å². The Morgan fingerprint density at radius 2 is 2.06 bits per heavy atom. The van der Waals surface area contributed by atoms with E-state index in [-0.39, 0.29) is 11.5 Å². The fourth-order valence-corrected chi connectivity index (χ4v) is 2.46. The Hall–Kier alpha value is -1.69. The fraction of sp³-hybridized carbons (Fsp3) is 0.583. The summed E-state index contributed by atoms with van der Waals surface area (Å²) < 4.78 is 0. The van der Waals surface area contributed by atoms with Gasteiger partial charge in [0, 0.05) is 11.6 Å². The molecule has 1 saturated heterocycles. The van der Waals surface area contributed by atoms with Gasteiger partial charge in [-0.3, -0.25) is 0 Å². The van der Waals surface area contributed by atoms with Crippen molar-refractivity contribution in [3.8, 4) is 0 Å². The van der Waals surface area contributed by atoms with Gasteiger partial charge in [0.2, 0.25) is 0 Å². The maximum absolute atomic E-state index is 11.4. The number of nitrogens with zero attached hydrogens (tertiary/aromatic N) is 2. The third kappa shape index (κ3) is 2.43. The Kier molecular flexibility index (Phi) is 3.47. The van der Waals surface area contributed by atoms with Crippen molar-refractivity contribution < 1.29 is 9.90 Å². The first-order valence-corrected chi connectivity index (χ1v) is 6.01. The second kappa shape index (κ2) is 4.89. The van der Waals surface area contributed by atoms with Gasteiger partial charge < -0.3 is 15.0 Å². The molecular weight excluding hydrogens is 234 g/mol. The standard InChI is InChI=1S/C12H17N3O3/c1-7-9(11(16)17)10(14-12(18)13-7)8-3-5-15(2)6-4-8/h8H,3-6H2,1-2H3,(H,16,17)(H,13,14,18). The largest absolute Gasteiger partial charge is 0.478 e. The van der Waals surface area contributed by atoms with E-state index in [1.54, 1.807) is 6.92 Å². The number of aryl methyl sites for hydroxylation is 1. The summed E-state index contributed by atoms with van der Waals surface area (Å²) in [6.45, 7) is 3.40. The van der Waals surface area contributed by atoms with Crippen LogP contribution in [0.2, 0.25) is 0 Å².